The molecule has 0 amide bonds. The standard InChI is InChI=1S/C17H22N4O3.ClH/c1-20-5-4-19-17(20)13-9-18-3-6-21(13)10-12-7-14(22-2)16-15(8-12)23-11-24-16;/h4-5,7-8,13,18H,3,6,9-11H2,1-2H3;1H. The van der Waals surface area contributed by atoms with Crippen LogP contribution in [0.1, 0.15) is 17.4 Å². The number of methoxy groups -OCH3 is 1. The molecule has 0 saturated carbocycles. The Bertz CT molecular complexity index is 737. The Morgan fingerprint density at radius 1 is 1.36 bits per heavy atom. The summed E-state index contributed by atoms with van der Waals surface area (Å²) in [6.45, 7) is 3.90. The zero-order valence-electron chi connectivity index (χ0n) is 14.4. The molecule has 1 unspecified atom stereocenters. The SMILES string of the molecule is COc1cc(CN2CCNCC2c2nccn2C)cc2c1OCO2.Cl. The number of benzene rings is 1. The van der Waals surface area contributed by atoms with Crippen LogP contribution in [0.25, 0.3) is 0 Å². The van der Waals surface area contributed by atoms with Crippen LogP contribution >= 0.6 is 12.4 Å². The highest BCUT2D eigenvalue weighted by Crippen LogP contribution is 2.42. The third-order valence-electron chi connectivity index (χ3n) is 4.61. The fourth-order valence-corrected chi connectivity index (χ4v) is 3.40. The maximum atomic E-state index is 5.54. The van der Waals surface area contributed by atoms with Gasteiger partial charge in [-0.25, -0.2) is 4.98 Å². The van der Waals surface area contributed by atoms with Crippen LogP contribution in [0, 0.1) is 0 Å². The molecule has 1 N–H and O–H groups in total. The lowest BCUT2D eigenvalue weighted by Gasteiger charge is -2.35. The maximum absolute atomic E-state index is 5.54. The van der Waals surface area contributed by atoms with Crippen molar-refractivity contribution in [3.05, 3.63) is 35.9 Å². The second kappa shape index (κ2) is 7.51. The Morgan fingerprint density at radius 3 is 3.00 bits per heavy atom. The molecule has 1 saturated heterocycles. The largest absolute Gasteiger partial charge is 0.493 e. The van der Waals surface area contributed by atoms with Gasteiger partial charge in [-0.05, 0) is 17.7 Å². The number of aryl methyl sites for hydroxylation is 1. The van der Waals surface area contributed by atoms with Gasteiger partial charge in [-0.15, -0.1) is 12.4 Å². The highest BCUT2D eigenvalue weighted by atomic mass is 35.5. The van der Waals surface area contributed by atoms with Gasteiger partial charge in [0.2, 0.25) is 12.5 Å². The van der Waals surface area contributed by atoms with E-state index >= 15 is 0 Å². The van der Waals surface area contributed by atoms with Crippen molar-refractivity contribution in [2.24, 2.45) is 7.05 Å². The van der Waals surface area contributed by atoms with Crippen molar-refractivity contribution in [1.82, 2.24) is 19.8 Å². The van der Waals surface area contributed by atoms with Crippen LogP contribution in [0.15, 0.2) is 24.5 Å². The van der Waals surface area contributed by atoms with Crippen molar-refractivity contribution in [3.8, 4) is 17.2 Å². The molecule has 1 aromatic carbocycles. The van der Waals surface area contributed by atoms with Crippen LogP contribution < -0.4 is 19.5 Å². The van der Waals surface area contributed by atoms with E-state index in [1.54, 1.807) is 7.11 Å². The Hall–Kier alpha value is -1.96. The summed E-state index contributed by atoms with van der Waals surface area (Å²) in [4.78, 5) is 6.98. The van der Waals surface area contributed by atoms with E-state index in [1.165, 1.54) is 0 Å². The van der Waals surface area contributed by atoms with Gasteiger partial charge in [0.05, 0.1) is 13.2 Å². The highest BCUT2D eigenvalue weighted by molar-refractivity contribution is 5.85. The molecule has 1 fully saturated rings. The zero-order valence-corrected chi connectivity index (χ0v) is 15.2. The first-order valence-electron chi connectivity index (χ1n) is 8.15. The van der Waals surface area contributed by atoms with E-state index in [1.807, 2.05) is 31.6 Å². The molecule has 8 heteroatoms. The van der Waals surface area contributed by atoms with Gasteiger partial charge in [0.1, 0.15) is 5.82 Å². The molecule has 0 radical (unpaired) electrons. The highest BCUT2D eigenvalue weighted by Gasteiger charge is 2.28. The van der Waals surface area contributed by atoms with E-state index in [2.05, 4.69) is 19.8 Å². The molecule has 7 nitrogen and oxygen atoms in total. The van der Waals surface area contributed by atoms with Crippen LogP contribution in [0.3, 0.4) is 0 Å². The number of fused-ring (bicyclic) bond motifs is 1. The lowest BCUT2D eigenvalue weighted by atomic mass is 10.1. The summed E-state index contributed by atoms with van der Waals surface area (Å²) in [5.74, 6) is 3.26. The first kappa shape index (κ1) is 17.8. The van der Waals surface area contributed by atoms with Gasteiger partial charge in [0, 0.05) is 45.6 Å². The molecule has 1 atom stereocenters. The molecular formula is C17H23ClN4O3. The normalized spacial score (nSPS) is 19.5. The van der Waals surface area contributed by atoms with Crippen LogP contribution in [0.4, 0.5) is 0 Å². The van der Waals surface area contributed by atoms with E-state index in [9.17, 15) is 0 Å². The van der Waals surface area contributed by atoms with Crippen LogP contribution in [0.2, 0.25) is 0 Å². The lowest BCUT2D eigenvalue weighted by Crippen LogP contribution is -2.46. The summed E-state index contributed by atoms with van der Waals surface area (Å²) < 4.78 is 18.6. The molecule has 0 aliphatic carbocycles. The molecule has 4 rings (SSSR count). The van der Waals surface area contributed by atoms with Gasteiger partial charge < -0.3 is 24.1 Å². The Labute approximate surface area is 153 Å². The smallest absolute Gasteiger partial charge is 0.231 e. The average Bonchev–Trinajstić information content (AvgIpc) is 3.23. The Kier molecular flexibility index (Phi) is 5.36. The second-order valence-corrected chi connectivity index (χ2v) is 6.12. The minimum atomic E-state index is 0. The van der Waals surface area contributed by atoms with Crippen LogP contribution in [-0.2, 0) is 13.6 Å². The number of rotatable bonds is 4. The van der Waals surface area contributed by atoms with Crippen molar-refractivity contribution in [2.75, 3.05) is 33.5 Å². The predicted octanol–water partition coefficient (Wildman–Crippen LogP) is 1.73. The molecule has 3 heterocycles. The van der Waals surface area contributed by atoms with E-state index in [4.69, 9.17) is 14.2 Å². The topological polar surface area (TPSA) is 60.8 Å². The fraction of sp³-hybridized carbons (Fsp3) is 0.471. The number of ether oxygens (including phenoxy) is 3. The molecule has 0 spiro atoms. The summed E-state index contributed by atoms with van der Waals surface area (Å²) in [7, 11) is 3.70. The number of piperazine rings is 1. The Morgan fingerprint density at radius 2 is 2.24 bits per heavy atom. The molecule has 2 aromatic rings. The van der Waals surface area contributed by atoms with Crippen molar-refractivity contribution >= 4 is 12.4 Å². The third-order valence-corrected chi connectivity index (χ3v) is 4.61. The van der Waals surface area contributed by atoms with Crippen LogP contribution in [-0.4, -0.2) is 48.0 Å². The summed E-state index contributed by atoms with van der Waals surface area (Å²) in [6.07, 6.45) is 3.84. The van der Waals surface area contributed by atoms with Gasteiger partial charge in [-0.1, -0.05) is 0 Å². The molecular weight excluding hydrogens is 344 g/mol. The predicted molar refractivity (Wildman–Crippen MR) is 95.6 cm³/mol. The minimum Gasteiger partial charge on any atom is -0.493 e. The quantitative estimate of drug-likeness (QED) is 0.889. The number of hydrogen-bond donors (Lipinski definition) is 1. The lowest BCUT2D eigenvalue weighted by molar-refractivity contribution is 0.144. The number of imidazole rings is 1. The monoisotopic (exact) mass is 366 g/mol. The summed E-state index contributed by atoms with van der Waals surface area (Å²) in [5.41, 5.74) is 1.15. The Balaban J connectivity index is 0.00000182. The molecule has 25 heavy (non-hydrogen) atoms. The molecule has 2 aliphatic heterocycles. The van der Waals surface area contributed by atoms with Crippen molar-refractivity contribution in [3.63, 3.8) is 0 Å². The summed E-state index contributed by atoms with van der Waals surface area (Å²) in [6, 6.07) is 4.32. The van der Waals surface area contributed by atoms with Crippen molar-refractivity contribution in [2.45, 2.75) is 12.6 Å². The third kappa shape index (κ3) is 3.40. The second-order valence-electron chi connectivity index (χ2n) is 6.12. The van der Waals surface area contributed by atoms with Gasteiger partial charge in [-0.2, -0.15) is 0 Å². The number of nitrogens with one attached hydrogen (secondary N) is 1. The zero-order chi connectivity index (χ0) is 16.5. The number of nitrogens with zero attached hydrogens (tertiary/aromatic N) is 3. The maximum Gasteiger partial charge on any atom is 0.231 e. The van der Waals surface area contributed by atoms with Gasteiger partial charge in [0.25, 0.3) is 0 Å². The van der Waals surface area contributed by atoms with Gasteiger partial charge >= 0.3 is 0 Å². The number of hydrogen-bond acceptors (Lipinski definition) is 6. The molecule has 1 aromatic heterocycles. The van der Waals surface area contributed by atoms with E-state index in [-0.39, 0.29) is 25.2 Å². The number of aromatic nitrogens is 2. The van der Waals surface area contributed by atoms with Gasteiger partial charge in [-0.3, -0.25) is 4.90 Å². The molecule has 2 aliphatic rings. The first-order valence-corrected chi connectivity index (χ1v) is 8.15. The van der Waals surface area contributed by atoms with E-state index < -0.39 is 0 Å². The van der Waals surface area contributed by atoms with Crippen molar-refractivity contribution in [1.29, 1.82) is 0 Å². The average molecular weight is 367 g/mol. The molecule has 136 valence electrons. The number of halogens is 1. The fourth-order valence-electron chi connectivity index (χ4n) is 3.40. The summed E-state index contributed by atoms with van der Waals surface area (Å²) >= 11 is 0. The van der Waals surface area contributed by atoms with Gasteiger partial charge in [0.15, 0.2) is 11.5 Å². The molecule has 0 bridgehead atoms. The van der Waals surface area contributed by atoms with E-state index in [0.717, 1.165) is 49.1 Å². The minimum absolute atomic E-state index is 0. The van der Waals surface area contributed by atoms with Crippen molar-refractivity contribution < 1.29 is 14.2 Å². The first-order chi connectivity index (χ1) is 11.8. The van der Waals surface area contributed by atoms with Crippen LogP contribution in [0.5, 0.6) is 17.2 Å². The van der Waals surface area contributed by atoms with E-state index in [0.29, 0.717) is 5.75 Å². The summed E-state index contributed by atoms with van der Waals surface area (Å²) in [5, 5.41) is 3.47.